The topological polar surface area (TPSA) is 17.1 Å². The maximum absolute atomic E-state index is 11.2. The van der Waals surface area contributed by atoms with Crippen molar-refractivity contribution < 1.29 is 4.79 Å². The number of hydrogen-bond donors (Lipinski definition) is 0. The van der Waals surface area contributed by atoms with Crippen LogP contribution >= 0.6 is 0 Å². The second-order valence-electron chi connectivity index (χ2n) is 3.25. The number of ketones is 1. The van der Waals surface area contributed by atoms with Crippen LogP contribution in [0.5, 0.6) is 0 Å². The molecule has 1 aliphatic rings. The Balaban J connectivity index is 2.39. The summed E-state index contributed by atoms with van der Waals surface area (Å²) >= 11 is 0. The molecule has 66 valence electrons. The van der Waals surface area contributed by atoms with Crippen LogP contribution in [0.1, 0.15) is 39.0 Å². The third-order valence-electron chi connectivity index (χ3n) is 2.14. The van der Waals surface area contributed by atoms with Gasteiger partial charge in [0.15, 0.2) is 5.78 Å². The predicted octanol–water partition coefficient (Wildman–Crippen LogP) is 3.02. The number of allylic oxidation sites excluding steroid dienone is 4. The van der Waals surface area contributed by atoms with Crippen LogP contribution in [0.25, 0.3) is 0 Å². The average Bonchev–Trinajstić information content (AvgIpc) is 2.06. The lowest BCUT2D eigenvalue weighted by Gasteiger charge is -2.10. The highest BCUT2D eigenvalue weighted by molar-refractivity contribution is 5.91. The molecule has 1 nitrogen and oxygen atoms in total. The van der Waals surface area contributed by atoms with Gasteiger partial charge >= 0.3 is 0 Å². The molecule has 0 aliphatic heterocycles. The van der Waals surface area contributed by atoms with Gasteiger partial charge in [-0.25, -0.2) is 0 Å². The van der Waals surface area contributed by atoms with E-state index in [-0.39, 0.29) is 5.78 Å². The van der Waals surface area contributed by atoms with Crippen LogP contribution in [0.15, 0.2) is 23.8 Å². The second kappa shape index (κ2) is 4.91. The summed E-state index contributed by atoms with van der Waals surface area (Å²) in [5.74, 6) is 0.241. The molecule has 0 heterocycles. The first-order chi connectivity index (χ1) is 5.83. The van der Waals surface area contributed by atoms with E-state index in [4.69, 9.17) is 0 Å². The van der Waals surface area contributed by atoms with Gasteiger partial charge in [0.2, 0.25) is 0 Å². The molecule has 0 saturated carbocycles. The second-order valence-corrected chi connectivity index (χ2v) is 3.25. The van der Waals surface area contributed by atoms with Crippen molar-refractivity contribution in [1.29, 1.82) is 0 Å². The van der Waals surface area contributed by atoms with E-state index in [1.165, 1.54) is 24.8 Å². The molecule has 0 N–H and O–H groups in total. The molecule has 0 aromatic rings. The Morgan fingerprint density at radius 1 is 1.58 bits per heavy atom. The Morgan fingerprint density at radius 3 is 3.00 bits per heavy atom. The van der Waals surface area contributed by atoms with E-state index < -0.39 is 0 Å². The van der Waals surface area contributed by atoms with Crippen molar-refractivity contribution in [2.24, 2.45) is 0 Å². The minimum Gasteiger partial charge on any atom is -0.295 e. The Labute approximate surface area is 74.2 Å². The lowest BCUT2D eigenvalue weighted by Crippen LogP contribution is -1.98. The number of hydrogen-bond acceptors (Lipinski definition) is 1. The molecule has 1 heteroatoms. The van der Waals surface area contributed by atoms with Crippen molar-refractivity contribution in [2.75, 3.05) is 0 Å². The zero-order valence-corrected chi connectivity index (χ0v) is 7.68. The van der Waals surface area contributed by atoms with Crippen molar-refractivity contribution in [3.8, 4) is 0 Å². The van der Waals surface area contributed by atoms with Crippen LogP contribution in [-0.4, -0.2) is 5.78 Å². The third-order valence-corrected chi connectivity index (χ3v) is 2.14. The van der Waals surface area contributed by atoms with E-state index in [1.807, 2.05) is 13.0 Å². The molecular formula is C11H16O. The standard InChI is InChI=1S/C11H16O/c1-2-6-11(12)9-10-7-4-3-5-8-10/h2,6-7H,3-5,8-9H2,1H3. The largest absolute Gasteiger partial charge is 0.295 e. The highest BCUT2D eigenvalue weighted by Gasteiger charge is 2.06. The Hall–Kier alpha value is -0.850. The van der Waals surface area contributed by atoms with Gasteiger partial charge in [0.1, 0.15) is 0 Å². The smallest absolute Gasteiger partial charge is 0.159 e. The average molecular weight is 164 g/mol. The molecular weight excluding hydrogens is 148 g/mol. The van der Waals surface area contributed by atoms with Gasteiger partial charge in [-0.15, -0.1) is 0 Å². The quantitative estimate of drug-likeness (QED) is 0.463. The number of carbonyl (C=O) groups excluding carboxylic acids is 1. The summed E-state index contributed by atoms with van der Waals surface area (Å²) in [5.41, 5.74) is 1.34. The minimum atomic E-state index is 0.241. The molecule has 0 saturated heterocycles. The van der Waals surface area contributed by atoms with E-state index >= 15 is 0 Å². The van der Waals surface area contributed by atoms with Crippen LogP contribution in [0.4, 0.5) is 0 Å². The Kier molecular flexibility index (Phi) is 3.78. The maximum atomic E-state index is 11.2. The first kappa shape index (κ1) is 9.24. The summed E-state index contributed by atoms with van der Waals surface area (Å²) in [7, 11) is 0. The molecule has 0 aromatic heterocycles. The highest BCUT2D eigenvalue weighted by atomic mass is 16.1. The van der Waals surface area contributed by atoms with Gasteiger partial charge in [0.25, 0.3) is 0 Å². The van der Waals surface area contributed by atoms with Crippen molar-refractivity contribution in [2.45, 2.75) is 39.0 Å². The molecule has 1 rings (SSSR count). The van der Waals surface area contributed by atoms with E-state index in [1.54, 1.807) is 6.08 Å². The van der Waals surface area contributed by atoms with Gasteiger partial charge in [0.05, 0.1) is 0 Å². The predicted molar refractivity (Wildman–Crippen MR) is 51.0 cm³/mol. The molecule has 0 atom stereocenters. The fourth-order valence-corrected chi connectivity index (χ4v) is 1.53. The van der Waals surface area contributed by atoms with Crippen molar-refractivity contribution in [1.82, 2.24) is 0 Å². The summed E-state index contributed by atoms with van der Waals surface area (Å²) in [6, 6.07) is 0. The van der Waals surface area contributed by atoms with Crippen LogP contribution in [0.3, 0.4) is 0 Å². The van der Waals surface area contributed by atoms with E-state index in [9.17, 15) is 4.79 Å². The molecule has 0 unspecified atom stereocenters. The summed E-state index contributed by atoms with van der Waals surface area (Å²) < 4.78 is 0. The van der Waals surface area contributed by atoms with Crippen molar-refractivity contribution >= 4 is 5.78 Å². The zero-order valence-electron chi connectivity index (χ0n) is 7.68. The summed E-state index contributed by atoms with van der Waals surface area (Å²) in [4.78, 5) is 11.2. The monoisotopic (exact) mass is 164 g/mol. The lowest BCUT2D eigenvalue weighted by molar-refractivity contribution is -0.114. The number of carbonyl (C=O) groups is 1. The fraction of sp³-hybridized carbons (Fsp3) is 0.545. The van der Waals surface area contributed by atoms with Gasteiger partial charge < -0.3 is 0 Å². The van der Waals surface area contributed by atoms with E-state index in [0.717, 1.165) is 6.42 Å². The Morgan fingerprint density at radius 2 is 2.42 bits per heavy atom. The maximum Gasteiger partial charge on any atom is 0.159 e. The molecule has 0 spiro atoms. The molecule has 0 amide bonds. The van der Waals surface area contributed by atoms with Gasteiger partial charge in [-0.3, -0.25) is 4.79 Å². The summed E-state index contributed by atoms with van der Waals surface area (Å²) in [5, 5.41) is 0. The molecule has 0 fully saturated rings. The van der Waals surface area contributed by atoms with Crippen LogP contribution in [-0.2, 0) is 4.79 Å². The molecule has 1 aliphatic carbocycles. The molecule has 0 radical (unpaired) electrons. The Bertz CT molecular complexity index is 211. The molecule has 0 bridgehead atoms. The number of rotatable bonds is 3. The summed E-state index contributed by atoms with van der Waals surface area (Å²) in [6.07, 6.45) is 11.2. The van der Waals surface area contributed by atoms with Crippen LogP contribution in [0.2, 0.25) is 0 Å². The van der Waals surface area contributed by atoms with Gasteiger partial charge in [-0.1, -0.05) is 17.7 Å². The van der Waals surface area contributed by atoms with E-state index in [2.05, 4.69) is 6.08 Å². The first-order valence-corrected chi connectivity index (χ1v) is 4.66. The van der Waals surface area contributed by atoms with Gasteiger partial charge in [-0.2, -0.15) is 0 Å². The lowest BCUT2D eigenvalue weighted by atomic mass is 9.96. The first-order valence-electron chi connectivity index (χ1n) is 4.66. The molecule has 12 heavy (non-hydrogen) atoms. The van der Waals surface area contributed by atoms with Crippen LogP contribution in [0, 0.1) is 0 Å². The normalized spacial score (nSPS) is 17.9. The van der Waals surface area contributed by atoms with Crippen molar-refractivity contribution in [3.05, 3.63) is 23.8 Å². The fourth-order valence-electron chi connectivity index (χ4n) is 1.53. The third kappa shape index (κ3) is 3.04. The SMILES string of the molecule is CC=CC(=O)CC1=CCCCC1. The highest BCUT2D eigenvalue weighted by Crippen LogP contribution is 2.20. The zero-order chi connectivity index (χ0) is 8.81. The van der Waals surface area contributed by atoms with Crippen molar-refractivity contribution in [3.63, 3.8) is 0 Å². The van der Waals surface area contributed by atoms with Crippen LogP contribution < -0.4 is 0 Å². The van der Waals surface area contributed by atoms with E-state index in [0.29, 0.717) is 6.42 Å². The van der Waals surface area contributed by atoms with Gasteiger partial charge in [0, 0.05) is 6.42 Å². The van der Waals surface area contributed by atoms with Gasteiger partial charge in [-0.05, 0) is 38.7 Å². The summed E-state index contributed by atoms with van der Waals surface area (Å²) in [6.45, 7) is 1.88. The minimum absolute atomic E-state index is 0.241. The molecule has 0 aromatic carbocycles.